The molecule has 0 aliphatic rings. The van der Waals surface area contributed by atoms with Crippen LogP contribution in [0, 0.1) is 0 Å². The first-order valence-electron chi connectivity index (χ1n) is 7.49. The van der Waals surface area contributed by atoms with Gasteiger partial charge in [0.2, 0.25) is 15.9 Å². The molecule has 8 heteroatoms. The molecule has 0 bridgehead atoms. The minimum Gasteiger partial charge on any atom is -0.492 e. The number of carbonyl (C=O) groups excluding carboxylic acids is 1. The Morgan fingerprint density at radius 1 is 1.35 bits per heavy atom. The Hall–Kier alpha value is -1.64. The van der Waals surface area contributed by atoms with Gasteiger partial charge >= 0.3 is 0 Å². The largest absolute Gasteiger partial charge is 0.492 e. The van der Waals surface area contributed by atoms with Gasteiger partial charge in [-0.3, -0.25) is 4.79 Å². The minimum absolute atomic E-state index is 0.0744. The summed E-state index contributed by atoms with van der Waals surface area (Å²) in [7, 11) is -0.711. The zero-order valence-corrected chi connectivity index (χ0v) is 14.8. The number of nitrogens with zero attached hydrogens (tertiary/aromatic N) is 1. The van der Waals surface area contributed by atoms with E-state index in [2.05, 4.69) is 5.32 Å². The lowest BCUT2D eigenvalue weighted by atomic mass is 10.1. The lowest BCUT2D eigenvalue weighted by molar-refractivity contribution is -0.117. The van der Waals surface area contributed by atoms with Crippen molar-refractivity contribution in [3.8, 4) is 5.75 Å². The van der Waals surface area contributed by atoms with E-state index in [1.165, 1.54) is 32.3 Å². The highest BCUT2D eigenvalue weighted by molar-refractivity contribution is 7.89. The second-order valence-corrected chi connectivity index (χ2v) is 7.41. The van der Waals surface area contributed by atoms with Crippen molar-refractivity contribution < 1.29 is 17.9 Å². The maximum absolute atomic E-state index is 12.2. The summed E-state index contributed by atoms with van der Waals surface area (Å²) in [4.78, 5) is 12.2. The highest BCUT2D eigenvalue weighted by atomic mass is 32.2. The van der Waals surface area contributed by atoms with Gasteiger partial charge in [-0.25, -0.2) is 12.7 Å². The van der Waals surface area contributed by atoms with Crippen molar-refractivity contribution in [2.75, 3.05) is 26.0 Å². The molecule has 130 valence electrons. The fraction of sp³-hybridized carbons (Fsp3) is 0.533. The molecule has 1 atom stereocenters. The van der Waals surface area contributed by atoms with Crippen LogP contribution >= 0.6 is 0 Å². The zero-order valence-electron chi connectivity index (χ0n) is 14.0. The number of ether oxygens (including phenoxy) is 1. The number of amides is 1. The Morgan fingerprint density at radius 3 is 2.52 bits per heavy atom. The molecule has 1 unspecified atom stereocenters. The summed E-state index contributed by atoms with van der Waals surface area (Å²) in [5.41, 5.74) is 6.09. The average Bonchev–Trinajstić information content (AvgIpc) is 2.49. The van der Waals surface area contributed by atoms with E-state index < -0.39 is 16.1 Å². The van der Waals surface area contributed by atoms with Crippen LogP contribution in [-0.4, -0.2) is 45.4 Å². The number of sulfonamides is 1. The highest BCUT2D eigenvalue weighted by Crippen LogP contribution is 2.29. The van der Waals surface area contributed by atoms with Crippen molar-refractivity contribution >= 4 is 21.6 Å². The highest BCUT2D eigenvalue weighted by Gasteiger charge is 2.21. The van der Waals surface area contributed by atoms with Gasteiger partial charge in [-0.15, -0.1) is 0 Å². The number of carbonyl (C=O) groups is 1. The molecule has 0 radical (unpaired) electrons. The maximum Gasteiger partial charge on any atom is 0.242 e. The van der Waals surface area contributed by atoms with Crippen LogP contribution in [-0.2, 0) is 14.8 Å². The zero-order chi connectivity index (χ0) is 17.6. The smallest absolute Gasteiger partial charge is 0.242 e. The molecule has 1 aromatic carbocycles. The molecule has 7 nitrogen and oxygen atoms in total. The van der Waals surface area contributed by atoms with Crippen molar-refractivity contribution in [3.05, 3.63) is 18.2 Å². The molecule has 0 spiro atoms. The van der Waals surface area contributed by atoms with Crippen molar-refractivity contribution in [1.29, 1.82) is 0 Å². The average molecular weight is 343 g/mol. The third-order valence-corrected chi connectivity index (χ3v) is 5.03. The summed E-state index contributed by atoms with van der Waals surface area (Å²) in [6, 6.07) is 3.71. The predicted octanol–water partition coefficient (Wildman–Crippen LogP) is 1.40. The topological polar surface area (TPSA) is 102 Å². The van der Waals surface area contributed by atoms with Gasteiger partial charge in [0.15, 0.2) is 0 Å². The molecule has 0 aromatic heterocycles. The Balaban J connectivity index is 3.19. The van der Waals surface area contributed by atoms with E-state index in [1.807, 2.05) is 6.92 Å². The van der Waals surface area contributed by atoms with E-state index in [0.717, 1.165) is 10.7 Å². The van der Waals surface area contributed by atoms with Crippen LogP contribution in [0.3, 0.4) is 0 Å². The van der Waals surface area contributed by atoms with Gasteiger partial charge in [-0.1, -0.05) is 13.3 Å². The van der Waals surface area contributed by atoms with Crippen molar-refractivity contribution in [1.82, 2.24) is 4.31 Å². The molecule has 0 aliphatic carbocycles. The van der Waals surface area contributed by atoms with Gasteiger partial charge < -0.3 is 15.8 Å². The summed E-state index contributed by atoms with van der Waals surface area (Å²) in [6.07, 6.45) is 1.33. The number of rotatable bonds is 8. The summed E-state index contributed by atoms with van der Waals surface area (Å²) in [5, 5.41) is 2.66. The second-order valence-electron chi connectivity index (χ2n) is 5.26. The quantitative estimate of drug-likeness (QED) is 0.743. The number of hydrogen-bond acceptors (Lipinski definition) is 5. The molecule has 0 aliphatic heterocycles. The molecular formula is C15H25N3O4S. The number of hydrogen-bond donors (Lipinski definition) is 2. The molecule has 1 aromatic rings. The monoisotopic (exact) mass is 343 g/mol. The number of nitrogens with two attached hydrogens (primary N) is 1. The van der Waals surface area contributed by atoms with E-state index in [4.69, 9.17) is 10.5 Å². The SMILES string of the molecule is CCCC(N)C(=O)Nc1cc(S(=O)(=O)N(C)C)ccc1OCC. The molecule has 0 saturated heterocycles. The minimum atomic E-state index is -3.60. The number of benzene rings is 1. The molecule has 0 fully saturated rings. The molecule has 0 heterocycles. The Bertz CT molecular complexity index is 644. The molecule has 23 heavy (non-hydrogen) atoms. The van der Waals surface area contributed by atoms with E-state index >= 15 is 0 Å². The Morgan fingerprint density at radius 2 is 2.00 bits per heavy atom. The van der Waals surface area contributed by atoms with Crippen LogP contribution in [0.25, 0.3) is 0 Å². The first kappa shape index (κ1) is 19.4. The number of anilines is 1. The first-order chi connectivity index (χ1) is 10.7. The van der Waals surface area contributed by atoms with Gasteiger partial charge in [0.05, 0.1) is 23.2 Å². The van der Waals surface area contributed by atoms with Gasteiger partial charge in [-0.2, -0.15) is 0 Å². The van der Waals surface area contributed by atoms with Gasteiger partial charge in [-0.05, 0) is 31.5 Å². The summed E-state index contributed by atoms with van der Waals surface area (Å²) in [6.45, 7) is 4.13. The van der Waals surface area contributed by atoms with E-state index in [0.29, 0.717) is 24.5 Å². The summed E-state index contributed by atoms with van der Waals surface area (Å²) < 4.78 is 31.0. The predicted molar refractivity (Wildman–Crippen MR) is 90.0 cm³/mol. The molecule has 3 N–H and O–H groups in total. The number of nitrogens with one attached hydrogen (secondary N) is 1. The standard InChI is InChI=1S/C15H25N3O4S/c1-5-7-12(16)15(19)17-13-10-11(23(20,21)18(3)4)8-9-14(13)22-6-2/h8-10,12H,5-7,16H2,1-4H3,(H,17,19). The fourth-order valence-corrected chi connectivity index (χ4v) is 2.86. The van der Waals surface area contributed by atoms with E-state index in [-0.39, 0.29) is 10.8 Å². The van der Waals surface area contributed by atoms with Gasteiger partial charge in [0, 0.05) is 14.1 Å². The van der Waals surface area contributed by atoms with Crippen LogP contribution in [0.2, 0.25) is 0 Å². The molecule has 1 amide bonds. The summed E-state index contributed by atoms with van der Waals surface area (Å²) >= 11 is 0. The maximum atomic E-state index is 12.2. The van der Waals surface area contributed by atoms with Crippen molar-refractivity contribution in [2.24, 2.45) is 5.73 Å². The van der Waals surface area contributed by atoms with Crippen LogP contribution in [0.1, 0.15) is 26.7 Å². The Kier molecular flexibility index (Phi) is 6.99. The second kappa shape index (κ2) is 8.28. The fourth-order valence-electron chi connectivity index (χ4n) is 1.93. The van der Waals surface area contributed by atoms with Crippen LogP contribution in [0.15, 0.2) is 23.1 Å². The summed E-state index contributed by atoms with van der Waals surface area (Å²) in [5.74, 6) is 0.0365. The van der Waals surface area contributed by atoms with Crippen molar-refractivity contribution in [3.63, 3.8) is 0 Å². The third-order valence-electron chi connectivity index (χ3n) is 3.22. The van der Waals surface area contributed by atoms with E-state index in [1.54, 1.807) is 6.92 Å². The van der Waals surface area contributed by atoms with Crippen LogP contribution in [0.4, 0.5) is 5.69 Å². The van der Waals surface area contributed by atoms with E-state index in [9.17, 15) is 13.2 Å². The van der Waals surface area contributed by atoms with Crippen LogP contribution in [0.5, 0.6) is 5.75 Å². The normalized spacial score (nSPS) is 13.0. The van der Waals surface area contributed by atoms with Gasteiger partial charge in [0.25, 0.3) is 0 Å². The van der Waals surface area contributed by atoms with Crippen LogP contribution < -0.4 is 15.8 Å². The molecular weight excluding hydrogens is 318 g/mol. The first-order valence-corrected chi connectivity index (χ1v) is 8.93. The van der Waals surface area contributed by atoms with Gasteiger partial charge in [0.1, 0.15) is 5.75 Å². The molecule has 1 rings (SSSR count). The lowest BCUT2D eigenvalue weighted by Gasteiger charge is -2.17. The third kappa shape index (κ3) is 4.92. The lowest BCUT2D eigenvalue weighted by Crippen LogP contribution is -2.35. The Labute approximate surface area is 137 Å². The molecule has 0 saturated carbocycles. The van der Waals surface area contributed by atoms with Crippen molar-refractivity contribution in [2.45, 2.75) is 37.6 Å².